The fourth-order valence-electron chi connectivity index (χ4n) is 3.42. The number of para-hydroxylation sites is 1. The Labute approximate surface area is 166 Å². The van der Waals surface area contributed by atoms with Gasteiger partial charge < -0.3 is 16.4 Å². The number of carbonyl (C=O) groups is 1. The van der Waals surface area contributed by atoms with E-state index in [4.69, 9.17) is 5.73 Å². The van der Waals surface area contributed by atoms with Gasteiger partial charge in [-0.2, -0.15) is 15.0 Å². The first kappa shape index (κ1) is 20.0. The molecule has 0 bridgehead atoms. The largest absolute Gasteiger partial charge is 0.368 e. The van der Waals surface area contributed by atoms with Crippen molar-refractivity contribution in [1.29, 1.82) is 0 Å². The first-order valence-corrected chi connectivity index (χ1v) is 9.80. The molecule has 28 heavy (non-hydrogen) atoms. The topological polar surface area (TPSA) is 109 Å². The van der Waals surface area contributed by atoms with Crippen LogP contribution in [-0.4, -0.2) is 44.9 Å². The van der Waals surface area contributed by atoms with Crippen LogP contribution in [-0.2, 0) is 4.79 Å². The number of carbonyl (C=O) groups excluding carboxylic acids is 1. The van der Waals surface area contributed by atoms with Crippen molar-refractivity contribution in [1.82, 2.24) is 25.2 Å². The van der Waals surface area contributed by atoms with Crippen molar-refractivity contribution in [3.63, 3.8) is 0 Å². The van der Waals surface area contributed by atoms with Crippen molar-refractivity contribution in [2.24, 2.45) is 5.92 Å². The molecular weight excluding hydrogens is 354 g/mol. The Morgan fingerprint density at radius 3 is 2.43 bits per heavy atom. The molecule has 3 rings (SSSR count). The molecule has 0 spiro atoms. The molecule has 4 N–H and O–H groups in total. The van der Waals surface area contributed by atoms with Gasteiger partial charge in [-0.25, -0.2) is 0 Å². The van der Waals surface area contributed by atoms with E-state index in [9.17, 15) is 4.79 Å². The number of nitrogen functional groups attached to an aromatic ring is 1. The predicted molar refractivity (Wildman–Crippen MR) is 110 cm³/mol. The summed E-state index contributed by atoms with van der Waals surface area (Å²) < 4.78 is 0. The Bertz CT molecular complexity index is 788. The molecule has 1 fully saturated rings. The van der Waals surface area contributed by atoms with Crippen LogP contribution >= 0.6 is 0 Å². The number of piperidine rings is 1. The molecule has 0 radical (unpaired) electrons. The lowest BCUT2D eigenvalue weighted by molar-refractivity contribution is -0.127. The lowest BCUT2D eigenvalue weighted by Gasteiger charge is -2.35. The third kappa shape index (κ3) is 5.16. The number of nitrogens with zero attached hydrogens (tertiary/aromatic N) is 4. The molecule has 150 valence electrons. The normalized spacial score (nSPS) is 16.7. The molecular formula is C20H29N7O. The fraction of sp³-hybridized carbons (Fsp3) is 0.500. The minimum atomic E-state index is -0.00395. The van der Waals surface area contributed by atoms with Gasteiger partial charge in [0.05, 0.1) is 6.04 Å². The second-order valence-electron chi connectivity index (χ2n) is 7.52. The maximum absolute atomic E-state index is 12.2. The molecule has 1 amide bonds. The zero-order valence-corrected chi connectivity index (χ0v) is 16.7. The van der Waals surface area contributed by atoms with Gasteiger partial charge in [0.1, 0.15) is 0 Å². The zero-order chi connectivity index (χ0) is 20.1. The molecule has 2 heterocycles. The minimum Gasteiger partial charge on any atom is -0.368 e. The van der Waals surface area contributed by atoms with Gasteiger partial charge in [-0.1, -0.05) is 18.2 Å². The molecule has 1 aromatic carbocycles. The second kappa shape index (κ2) is 8.97. The smallest absolute Gasteiger partial charge is 0.232 e. The first-order chi connectivity index (χ1) is 13.4. The highest BCUT2D eigenvalue weighted by Crippen LogP contribution is 2.26. The minimum absolute atomic E-state index is 0.00395. The number of hydrogen-bond donors (Lipinski definition) is 3. The summed E-state index contributed by atoms with van der Waals surface area (Å²) >= 11 is 0. The summed E-state index contributed by atoms with van der Waals surface area (Å²) in [5, 5.41) is 6.18. The third-order valence-corrected chi connectivity index (χ3v) is 4.95. The zero-order valence-electron chi connectivity index (χ0n) is 16.7. The van der Waals surface area contributed by atoms with Crippen LogP contribution in [0.3, 0.4) is 0 Å². The van der Waals surface area contributed by atoms with E-state index in [-0.39, 0.29) is 29.9 Å². The summed E-state index contributed by atoms with van der Waals surface area (Å²) in [7, 11) is 0. The maximum atomic E-state index is 12.2. The molecule has 0 saturated carbocycles. The Kier molecular flexibility index (Phi) is 6.41. The summed E-state index contributed by atoms with van der Waals surface area (Å²) in [6, 6.07) is 9.88. The summed E-state index contributed by atoms with van der Waals surface area (Å²) in [5.41, 5.74) is 6.81. The number of nitrogens with two attached hydrogens (primary N) is 1. The van der Waals surface area contributed by atoms with Crippen LogP contribution < -0.4 is 16.4 Å². The van der Waals surface area contributed by atoms with Gasteiger partial charge in [-0.3, -0.25) is 9.69 Å². The van der Waals surface area contributed by atoms with Gasteiger partial charge >= 0.3 is 0 Å². The standard InChI is InChI=1S/C20H29N7O/c1-13(2)22-18(28)15-9-11-27(12-10-15)14(3)17-24-19(21)26-20(25-17)23-16-7-5-4-6-8-16/h4-8,13-15H,9-12H2,1-3H3,(H,22,28)(H3,21,23,24,25,26). The average molecular weight is 384 g/mol. The monoisotopic (exact) mass is 383 g/mol. The highest BCUT2D eigenvalue weighted by atomic mass is 16.1. The number of anilines is 3. The molecule has 8 heteroatoms. The summed E-state index contributed by atoms with van der Waals surface area (Å²) in [4.78, 5) is 27.6. The number of nitrogens with one attached hydrogen (secondary N) is 2. The van der Waals surface area contributed by atoms with Gasteiger partial charge in [0.15, 0.2) is 5.82 Å². The second-order valence-corrected chi connectivity index (χ2v) is 7.52. The molecule has 1 aliphatic rings. The number of benzene rings is 1. The number of aromatic nitrogens is 3. The number of amides is 1. The van der Waals surface area contributed by atoms with E-state index in [1.807, 2.05) is 44.2 Å². The average Bonchev–Trinajstić information content (AvgIpc) is 2.67. The molecule has 0 aliphatic carbocycles. The lowest BCUT2D eigenvalue weighted by Crippen LogP contribution is -2.43. The first-order valence-electron chi connectivity index (χ1n) is 9.80. The predicted octanol–water partition coefficient (Wildman–Crippen LogP) is 2.50. The Hall–Kier alpha value is -2.74. The summed E-state index contributed by atoms with van der Waals surface area (Å²) in [6.07, 6.45) is 1.66. The van der Waals surface area contributed by atoms with Crippen molar-refractivity contribution in [3.8, 4) is 0 Å². The third-order valence-electron chi connectivity index (χ3n) is 4.95. The molecule has 1 saturated heterocycles. The van der Waals surface area contributed by atoms with E-state index in [2.05, 4.69) is 37.4 Å². The van der Waals surface area contributed by atoms with Crippen molar-refractivity contribution in [2.75, 3.05) is 24.1 Å². The van der Waals surface area contributed by atoms with Crippen LogP contribution in [0.25, 0.3) is 0 Å². The van der Waals surface area contributed by atoms with Crippen molar-refractivity contribution >= 4 is 23.5 Å². The Morgan fingerprint density at radius 2 is 1.79 bits per heavy atom. The maximum Gasteiger partial charge on any atom is 0.232 e. The lowest BCUT2D eigenvalue weighted by atomic mass is 9.94. The summed E-state index contributed by atoms with van der Waals surface area (Å²) in [6.45, 7) is 7.69. The van der Waals surface area contributed by atoms with Crippen LogP contribution in [0.1, 0.15) is 45.5 Å². The van der Waals surface area contributed by atoms with Crippen LogP contribution in [0.4, 0.5) is 17.6 Å². The van der Waals surface area contributed by atoms with Crippen LogP contribution in [0.2, 0.25) is 0 Å². The van der Waals surface area contributed by atoms with Crippen molar-refractivity contribution < 1.29 is 4.79 Å². The van der Waals surface area contributed by atoms with E-state index in [1.54, 1.807) is 0 Å². The quantitative estimate of drug-likeness (QED) is 0.703. The SMILES string of the molecule is CC(C)NC(=O)C1CCN(C(C)c2nc(N)nc(Nc3ccccc3)n2)CC1. The fourth-order valence-corrected chi connectivity index (χ4v) is 3.42. The van der Waals surface area contributed by atoms with E-state index in [0.717, 1.165) is 31.6 Å². The van der Waals surface area contributed by atoms with Crippen LogP contribution in [0.15, 0.2) is 30.3 Å². The van der Waals surface area contributed by atoms with Crippen LogP contribution in [0.5, 0.6) is 0 Å². The molecule has 2 aromatic rings. The van der Waals surface area contributed by atoms with Gasteiger partial charge in [0.25, 0.3) is 0 Å². The van der Waals surface area contributed by atoms with Crippen molar-refractivity contribution in [2.45, 2.75) is 45.7 Å². The van der Waals surface area contributed by atoms with Crippen LogP contribution in [0, 0.1) is 5.92 Å². The highest BCUT2D eigenvalue weighted by molar-refractivity contribution is 5.79. The highest BCUT2D eigenvalue weighted by Gasteiger charge is 2.29. The van der Waals surface area contributed by atoms with Crippen molar-refractivity contribution in [3.05, 3.63) is 36.2 Å². The molecule has 1 aromatic heterocycles. The van der Waals surface area contributed by atoms with Gasteiger partial charge in [0.2, 0.25) is 17.8 Å². The van der Waals surface area contributed by atoms with E-state index >= 15 is 0 Å². The molecule has 1 aliphatic heterocycles. The number of rotatable bonds is 6. The van der Waals surface area contributed by atoms with Gasteiger partial charge in [0, 0.05) is 17.6 Å². The number of likely N-dealkylation sites (tertiary alicyclic amines) is 1. The van der Waals surface area contributed by atoms with Gasteiger partial charge in [-0.05, 0) is 58.8 Å². The number of hydrogen-bond acceptors (Lipinski definition) is 7. The molecule has 1 unspecified atom stereocenters. The summed E-state index contributed by atoms with van der Waals surface area (Å²) in [5.74, 6) is 1.50. The Morgan fingerprint density at radius 1 is 1.11 bits per heavy atom. The van der Waals surface area contributed by atoms with E-state index < -0.39 is 0 Å². The molecule has 8 nitrogen and oxygen atoms in total. The molecule has 1 atom stereocenters. The van der Waals surface area contributed by atoms with Gasteiger partial charge in [-0.15, -0.1) is 0 Å². The Balaban J connectivity index is 1.64. The van der Waals surface area contributed by atoms with E-state index in [1.165, 1.54) is 0 Å². The van der Waals surface area contributed by atoms with E-state index in [0.29, 0.717) is 11.8 Å².